The van der Waals surface area contributed by atoms with E-state index in [1.165, 1.54) is 35.1 Å². The lowest BCUT2D eigenvalue weighted by molar-refractivity contribution is 0.0925. The first kappa shape index (κ1) is 24.1. The third kappa shape index (κ3) is 5.06. The summed E-state index contributed by atoms with van der Waals surface area (Å²) in [6.07, 6.45) is 3.84. The zero-order valence-electron chi connectivity index (χ0n) is 21.4. The molecule has 180 valence electrons. The summed E-state index contributed by atoms with van der Waals surface area (Å²) in [4.78, 5) is 12.6. The van der Waals surface area contributed by atoms with Crippen LogP contribution in [0.3, 0.4) is 0 Å². The first-order chi connectivity index (χ1) is 16.1. The molecule has 1 aliphatic carbocycles. The number of nitrogens with one attached hydrogen (secondary N) is 1. The molecule has 0 saturated heterocycles. The SMILES string of the molecule is COc1ccc(CCNC(=O)c2ccc(Cc3cc4c(cc3C)C(C)(C)CCC4(C)C)o2)cc1. The Labute approximate surface area is 203 Å². The smallest absolute Gasteiger partial charge is 0.287 e. The predicted molar refractivity (Wildman–Crippen MR) is 137 cm³/mol. The molecular weight excluding hydrogens is 422 g/mol. The van der Waals surface area contributed by atoms with Gasteiger partial charge in [-0.2, -0.15) is 0 Å². The van der Waals surface area contributed by atoms with Crippen LogP contribution in [0.5, 0.6) is 5.75 Å². The van der Waals surface area contributed by atoms with Crippen LogP contribution in [-0.4, -0.2) is 19.6 Å². The molecule has 1 aliphatic rings. The molecule has 0 aliphatic heterocycles. The van der Waals surface area contributed by atoms with Gasteiger partial charge in [-0.15, -0.1) is 0 Å². The predicted octanol–water partition coefficient (Wildman–Crippen LogP) is 6.51. The van der Waals surface area contributed by atoms with Crippen molar-refractivity contribution in [1.82, 2.24) is 5.32 Å². The van der Waals surface area contributed by atoms with Crippen molar-refractivity contribution in [2.75, 3.05) is 13.7 Å². The third-order valence-electron chi connectivity index (χ3n) is 7.42. The molecule has 1 aromatic heterocycles. The Hall–Kier alpha value is -3.01. The number of methoxy groups -OCH3 is 1. The minimum atomic E-state index is -0.176. The van der Waals surface area contributed by atoms with Gasteiger partial charge in [-0.05, 0) is 89.1 Å². The van der Waals surface area contributed by atoms with Crippen LogP contribution in [0.25, 0.3) is 0 Å². The topological polar surface area (TPSA) is 51.5 Å². The molecule has 1 heterocycles. The van der Waals surface area contributed by atoms with Crippen LogP contribution in [0.1, 0.15) is 84.7 Å². The number of benzene rings is 2. The summed E-state index contributed by atoms with van der Waals surface area (Å²) in [6, 6.07) is 16.3. The van der Waals surface area contributed by atoms with Gasteiger partial charge in [-0.3, -0.25) is 4.79 Å². The Morgan fingerprint density at radius 1 is 0.971 bits per heavy atom. The molecule has 3 aromatic rings. The van der Waals surface area contributed by atoms with Gasteiger partial charge in [-0.1, -0.05) is 52.0 Å². The van der Waals surface area contributed by atoms with E-state index in [4.69, 9.17) is 9.15 Å². The van der Waals surface area contributed by atoms with E-state index in [9.17, 15) is 4.79 Å². The van der Waals surface area contributed by atoms with Crippen LogP contribution >= 0.6 is 0 Å². The van der Waals surface area contributed by atoms with E-state index in [1.807, 2.05) is 30.3 Å². The summed E-state index contributed by atoms with van der Waals surface area (Å²) >= 11 is 0. The Kier molecular flexibility index (Phi) is 6.62. The molecule has 4 nitrogen and oxygen atoms in total. The van der Waals surface area contributed by atoms with E-state index in [-0.39, 0.29) is 16.7 Å². The van der Waals surface area contributed by atoms with Crippen molar-refractivity contribution in [1.29, 1.82) is 0 Å². The number of hydrogen-bond acceptors (Lipinski definition) is 3. The zero-order valence-corrected chi connectivity index (χ0v) is 21.4. The lowest BCUT2D eigenvalue weighted by Crippen LogP contribution is -2.34. The summed E-state index contributed by atoms with van der Waals surface area (Å²) in [7, 11) is 1.65. The maximum atomic E-state index is 12.6. The number of rotatable bonds is 7. The van der Waals surface area contributed by atoms with Gasteiger partial charge in [0.25, 0.3) is 5.91 Å². The lowest BCUT2D eigenvalue weighted by Gasteiger charge is -2.42. The van der Waals surface area contributed by atoms with Crippen molar-refractivity contribution in [3.8, 4) is 5.75 Å². The van der Waals surface area contributed by atoms with Crippen molar-refractivity contribution in [3.63, 3.8) is 0 Å². The normalized spacial score (nSPS) is 16.1. The highest BCUT2D eigenvalue weighted by Gasteiger charge is 2.37. The van der Waals surface area contributed by atoms with Crippen LogP contribution < -0.4 is 10.1 Å². The molecule has 2 aromatic carbocycles. The quantitative estimate of drug-likeness (QED) is 0.438. The maximum absolute atomic E-state index is 12.6. The molecule has 34 heavy (non-hydrogen) atoms. The number of fused-ring (bicyclic) bond motifs is 1. The van der Waals surface area contributed by atoms with E-state index >= 15 is 0 Å². The molecule has 1 N–H and O–H groups in total. The minimum absolute atomic E-state index is 0.172. The van der Waals surface area contributed by atoms with Gasteiger partial charge >= 0.3 is 0 Å². The molecule has 1 amide bonds. The number of carbonyl (C=O) groups is 1. The Morgan fingerprint density at radius 3 is 2.26 bits per heavy atom. The van der Waals surface area contributed by atoms with Gasteiger partial charge in [-0.25, -0.2) is 0 Å². The van der Waals surface area contributed by atoms with Crippen LogP contribution in [0, 0.1) is 6.92 Å². The van der Waals surface area contributed by atoms with Gasteiger partial charge in [0.15, 0.2) is 5.76 Å². The van der Waals surface area contributed by atoms with Crippen LogP contribution in [0.2, 0.25) is 0 Å². The Morgan fingerprint density at radius 2 is 1.62 bits per heavy atom. The van der Waals surface area contributed by atoms with E-state index in [1.54, 1.807) is 13.2 Å². The second-order valence-corrected chi connectivity index (χ2v) is 10.9. The molecule has 0 fully saturated rings. The molecule has 0 spiro atoms. The van der Waals surface area contributed by atoms with Crippen LogP contribution in [-0.2, 0) is 23.7 Å². The fourth-order valence-corrected chi connectivity index (χ4v) is 4.94. The lowest BCUT2D eigenvalue weighted by atomic mass is 9.62. The number of ether oxygens (including phenoxy) is 1. The van der Waals surface area contributed by atoms with E-state index in [0.29, 0.717) is 18.7 Å². The zero-order chi connectivity index (χ0) is 24.5. The maximum Gasteiger partial charge on any atom is 0.287 e. The van der Waals surface area contributed by atoms with Crippen LogP contribution in [0.4, 0.5) is 0 Å². The van der Waals surface area contributed by atoms with Crippen molar-refractivity contribution in [3.05, 3.63) is 87.9 Å². The van der Waals surface area contributed by atoms with Gasteiger partial charge in [0, 0.05) is 13.0 Å². The molecule has 0 saturated carbocycles. The van der Waals surface area contributed by atoms with Gasteiger partial charge in [0.05, 0.1) is 7.11 Å². The highest BCUT2D eigenvalue weighted by molar-refractivity contribution is 5.91. The third-order valence-corrected chi connectivity index (χ3v) is 7.42. The summed E-state index contributed by atoms with van der Waals surface area (Å²) in [5.74, 6) is 1.83. The molecular formula is C30H37NO3. The van der Waals surface area contributed by atoms with Crippen LogP contribution in [0.15, 0.2) is 52.9 Å². The van der Waals surface area contributed by atoms with Crippen molar-refractivity contribution in [2.45, 2.75) is 71.1 Å². The number of furan rings is 1. The molecule has 0 unspecified atom stereocenters. The number of carbonyl (C=O) groups excluding carboxylic acids is 1. The molecule has 4 rings (SSSR count). The summed E-state index contributed by atoms with van der Waals surface area (Å²) in [5.41, 5.74) is 7.00. The van der Waals surface area contributed by atoms with Crippen molar-refractivity contribution < 1.29 is 13.9 Å². The standard InChI is InChI=1S/C30H37NO3/c1-20-17-25-26(30(4,5)15-14-29(25,2)3)19-22(20)18-24-11-12-27(34-24)28(32)31-16-13-21-7-9-23(33-6)10-8-21/h7-12,17,19H,13-16,18H2,1-6H3,(H,31,32). The Bertz CT molecular complexity index is 1170. The molecule has 0 radical (unpaired) electrons. The number of amides is 1. The average Bonchev–Trinajstić information content (AvgIpc) is 3.27. The van der Waals surface area contributed by atoms with Gasteiger partial charge < -0.3 is 14.5 Å². The second kappa shape index (κ2) is 9.32. The highest BCUT2D eigenvalue weighted by atomic mass is 16.5. The first-order valence-corrected chi connectivity index (χ1v) is 12.2. The fourth-order valence-electron chi connectivity index (χ4n) is 4.94. The monoisotopic (exact) mass is 459 g/mol. The van der Waals surface area contributed by atoms with Crippen molar-refractivity contribution >= 4 is 5.91 Å². The molecule has 4 heteroatoms. The van der Waals surface area contributed by atoms with E-state index in [2.05, 4.69) is 52.1 Å². The second-order valence-electron chi connectivity index (χ2n) is 10.9. The van der Waals surface area contributed by atoms with E-state index < -0.39 is 0 Å². The Balaban J connectivity index is 1.42. The number of hydrogen-bond donors (Lipinski definition) is 1. The summed E-state index contributed by atoms with van der Waals surface area (Å²) in [6.45, 7) is 12.1. The molecule has 0 bridgehead atoms. The van der Waals surface area contributed by atoms with Gasteiger partial charge in [0.2, 0.25) is 0 Å². The fraction of sp³-hybridized carbons (Fsp3) is 0.433. The highest BCUT2D eigenvalue weighted by Crippen LogP contribution is 2.46. The minimum Gasteiger partial charge on any atom is -0.497 e. The summed E-state index contributed by atoms with van der Waals surface area (Å²) in [5, 5.41) is 2.96. The average molecular weight is 460 g/mol. The largest absolute Gasteiger partial charge is 0.497 e. The van der Waals surface area contributed by atoms with E-state index in [0.717, 1.165) is 23.5 Å². The van der Waals surface area contributed by atoms with Gasteiger partial charge in [0.1, 0.15) is 11.5 Å². The summed E-state index contributed by atoms with van der Waals surface area (Å²) < 4.78 is 11.1. The number of aryl methyl sites for hydroxylation is 1. The first-order valence-electron chi connectivity index (χ1n) is 12.2. The molecule has 0 atom stereocenters. The van der Waals surface area contributed by atoms with Crippen molar-refractivity contribution in [2.24, 2.45) is 0 Å².